The SMILES string of the molecule is CCS(=O)(=O)c1ccc(CC(=O)N2CC[C@@]3(S(=O)(=O)c4ccc(F)cc4)c4ccc(C(F)(C(F)(F)F)C(F)(F)F)cc4CC[C@@H]23)cc1. The summed E-state index contributed by atoms with van der Waals surface area (Å²) in [5, 5.41) is 0. The normalized spacial score (nSPS) is 20.5. The van der Waals surface area contributed by atoms with Crippen LogP contribution < -0.4 is 0 Å². The minimum atomic E-state index is -6.38. The van der Waals surface area contributed by atoms with E-state index in [2.05, 4.69) is 0 Å². The lowest BCUT2D eigenvalue weighted by atomic mass is 9.76. The largest absolute Gasteiger partial charge is 0.435 e. The maximum atomic E-state index is 15.0. The summed E-state index contributed by atoms with van der Waals surface area (Å²) in [4.78, 5) is 14.6. The molecule has 0 radical (unpaired) electrons. The highest BCUT2D eigenvalue weighted by atomic mass is 32.2. The quantitative estimate of drug-likeness (QED) is 0.210. The maximum absolute atomic E-state index is 15.0. The topological polar surface area (TPSA) is 88.6 Å². The van der Waals surface area contributed by atoms with Gasteiger partial charge in [-0.1, -0.05) is 37.3 Å². The standard InChI is InChI=1S/C31H27F8NO5S2/c1-2-46(42,43)23-9-3-19(4-10-23)17-27(41)40-16-15-28(47(44,45)24-11-7-22(32)8-12-24)25-13-6-21(18-20(25)5-14-26(28)40)29(33,30(34,35)36)31(37,38)39/h3-4,6-13,18,26H,2,5,14-17H2,1H3/t26-,28-/m1/s1. The molecular weight excluding hydrogens is 682 g/mol. The summed E-state index contributed by atoms with van der Waals surface area (Å²) in [5.74, 6) is -1.48. The van der Waals surface area contributed by atoms with E-state index in [-0.39, 0.29) is 60.1 Å². The fourth-order valence-electron chi connectivity index (χ4n) is 6.61. The molecule has 1 amide bonds. The van der Waals surface area contributed by atoms with Crippen molar-refractivity contribution in [2.75, 3.05) is 12.3 Å². The van der Waals surface area contributed by atoms with E-state index in [4.69, 9.17) is 0 Å². The van der Waals surface area contributed by atoms with Gasteiger partial charge in [-0.15, -0.1) is 0 Å². The first-order chi connectivity index (χ1) is 21.7. The number of likely N-dealkylation sites (tertiary alicyclic amines) is 1. The van der Waals surface area contributed by atoms with Crippen molar-refractivity contribution < 1.29 is 56.8 Å². The van der Waals surface area contributed by atoms with Crippen molar-refractivity contribution in [2.45, 2.75) is 71.2 Å². The number of alkyl halides is 7. The molecule has 1 saturated heterocycles. The number of halogens is 8. The molecule has 0 N–H and O–H groups in total. The Labute approximate surface area is 265 Å². The molecule has 1 heterocycles. The molecule has 0 unspecified atom stereocenters. The number of sulfone groups is 2. The summed E-state index contributed by atoms with van der Waals surface area (Å²) in [6.07, 6.45) is -13.9. The molecule has 254 valence electrons. The van der Waals surface area contributed by atoms with Crippen LogP contribution in [0, 0.1) is 5.82 Å². The van der Waals surface area contributed by atoms with Gasteiger partial charge in [0.05, 0.1) is 28.0 Å². The zero-order valence-electron chi connectivity index (χ0n) is 24.5. The fraction of sp³-hybridized carbons (Fsp3) is 0.387. The number of aryl methyl sites for hydroxylation is 1. The molecule has 1 aliphatic carbocycles. The van der Waals surface area contributed by atoms with Crippen LogP contribution in [0.25, 0.3) is 0 Å². The molecule has 16 heteroatoms. The van der Waals surface area contributed by atoms with Crippen LogP contribution in [0.1, 0.15) is 42.0 Å². The van der Waals surface area contributed by atoms with Gasteiger partial charge < -0.3 is 4.90 Å². The van der Waals surface area contributed by atoms with Crippen LogP contribution in [0.4, 0.5) is 35.1 Å². The Morgan fingerprint density at radius 3 is 1.98 bits per heavy atom. The predicted molar refractivity (Wildman–Crippen MR) is 153 cm³/mol. The van der Waals surface area contributed by atoms with Crippen LogP contribution in [0.2, 0.25) is 0 Å². The second-order valence-corrected chi connectivity index (χ2v) is 16.0. The van der Waals surface area contributed by atoms with Gasteiger partial charge in [0.2, 0.25) is 5.91 Å². The Hall–Kier alpha value is -3.53. The van der Waals surface area contributed by atoms with Crippen LogP contribution in [-0.4, -0.2) is 58.3 Å². The zero-order valence-corrected chi connectivity index (χ0v) is 26.1. The second kappa shape index (κ2) is 11.6. The van der Waals surface area contributed by atoms with E-state index in [1.807, 2.05) is 0 Å². The molecule has 2 atom stereocenters. The van der Waals surface area contributed by atoms with Crippen LogP contribution >= 0.6 is 0 Å². The fourth-order valence-corrected chi connectivity index (χ4v) is 9.86. The third-order valence-corrected chi connectivity index (χ3v) is 13.3. The van der Waals surface area contributed by atoms with Crippen molar-refractivity contribution in [3.8, 4) is 0 Å². The number of fused-ring (bicyclic) bond motifs is 3. The minimum absolute atomic E-state index is 0.0402. The van der Waals surface area contributed by atoms with Crippen LogP contribution in [-0.2, 0) is 47.7 Å². The van der Waals surface area contributed by atoms with Crippen molar-refractivity contribution in [1.29, 1.82) is 0 Å². The molecule has 1 fully saturated rings. The van der Waals surface area contributed by atoms with E-state index in [9.17, 15) is 52.4 Å². The Morgan fingerprint density at radius 2 is 1.43 bits per heavy atom. The summed E-state index contributed by atoms with van der Waals surface area (Å²) in [5.41, 5.74) is -7.54. The first-order valence-corrected chi connectivity index (χ1v) is 17.4. The predicted octanol–water partition coefficient (Wildman–Crippen LogP) is 6.37. The molecule has 2 aliphatic rings. The summed E-state index contributed by atoms with van der Waals surface area (Å²) >= 11 is 0. The smallest absolute Gasteiger partial charge is 0.337 e. The summed E-state index contributed by atoms with van der Waals surface area (Å²) in [6.45, 7) is 1.29. The highest BCUT2D eigenvalue weighted by Crippen LogP contribution is 2.56. The van der Waals surface area contributed by atoms with E-state index >= 15 is 4.39 Å². The van der Waals surface area contributed by atoms with Crippen molar-refractivity contribution in [3.05, 3.63) is 94.8 Å². The minimum Gasteiger partial charge on any atom is -0.337 e. The van der Waals surface area contributed by atoms with Crippen molar-refractivity contribution in [1.82, 2.24) is 4.90 Å². The second-order valence-electron chi connectivity index (χ2n) is 11.5. The molecule has 0 saturated carbocycles. The Bertz CT molecular complexity index is 1890. The van der Waals surface area contributed by atoms with E-state index in [1.54, 1.807) is 0 Å². The van der Waals surface area contributed by atoms with Crippen molar-refractivity contribution in [3.63, 3.8) is 0 Å². The Morgan fingerprint density at radius 1 is 0.851 bits per heavy atom. The summed E-state index contributed by atoms with van der Waals surface area (Å²) in [7, 11) is -8.14. The number of nitrogens with zero attached hydrogens (tertiary/aromatic N) is 1. The lowest BCUT2D eigenvalue weighted by Gasteiger charge is -2.43. The van der Waals surface area contributed by atoms with E-state index in [1.165, 1.54) is 36.1 Å². The molecule has 3 aromatic rings. The number of hydrogen-bond acceptors (Lipinski definition) is 5. The summed E-state index contributed by atoms with van der Waals surface area (Å²) in [6, 6.07) is 9.43. The van der Waals surface area contributed by atoms with Crippen molar-refractivity contribution in [2.24, 2.45) is 0 Å². The number of carbonyl (C=O) groups is 1. The number of hydrogen-bond donors (Lipinski definition) is 0. The molecule has 6 nitrogen and oxygen atoms in total. The highest BCUT2D eigenvalue weighted by Gasteiger charge is 2.73. The molecule has 5 rings (SSSR count). The molecule has 0 bridgehead atoms. The van der Waals surface area contributed by atoms with Crippen LogP contribution in [0.5, 0.6) is 0 Å². The molecule has 0 aromatic heterocycles. The molecule has 1 aliphatic heterocycles. The number of carbonyl (C=O) groups excluding carboxylic acids is 1. The molecule has 3 aromatic carbocycles. The molecule has 47 heavy (non-hydrogen) atoms. The lowest BCUT2D eigenvalue weighted by molar-refractivity contribution is -0.348. The van der Waals surface area contributed by atoms with E-state index in [0.29, 0.717) is 11.6 Å². The third kappa shape index (κ3) is 5.50. The monoisotopic (exact) mass is 709 g/mol. The zero-order chi connectivity index (χ0) is 34.8. The van der Waals surface area contributed by atoms with E-state index in [0.717, 1.165) is 30.3 Å². The van der Waals surface area contributed by atoms with Crippen molar-refractivity contribution >= 4 is 25.6 Å². The average Bonchev–Trinajstić information content (AvgIpc) is 3.42. The van der Waals surface area contributed by atoms with Gasteiger partial charge in [-0.3, -0.25) is 4.79 Å². The highest BCUT2D eigenvalue weighted by molar-refractivity contribution is 7.92. The van der Waals surface area contributed by atoms with Gasteiger partial charge >= 0.3 is 18.0 Å². The first kappa shape index (κ1) is 34.8. The molecule has 0 spiro atoms. The Balaban J connectivity index is 1.60. The summed E-state index contributed by atoms with van der Waals surface area (Å²) < 4.78 is 161. The van der Waals surface area contributed by atoms with Gasteiger partial charge in [0, 0.05) is 12.1 Å². The van der Waals surface area contributed by atoms with Gasteiger partial charge in [0.25, 0.3) is 0 Å². The first-order valence-electron chi connectivity index (χ1n) is 14.3. The van der Waals surface area contributed by atoms with Crippen LogP contribution in [0.3, 0.4) is 0 Å². The van der Waals surface area contributed by atoms with Gasteiger partial charge in [-0.05, 0) is 72.4 Å². The van der Waals surface area contributed by atoms with Crippen LogP contribution in [0.15, 0.2) is 76.5 Å². The van der Waals surface area contributed by atoms with Gasteiger partial charge in [0.1, 0.15) is 10.6 Å². The average molecular weight is 710 g/mol. The Kier molecular flexibility index (Phi) is 8.56. The molecular formula is C31H27F8NO5S2. The number of rotatable bonds is 7. The van der Waals surface area contributed by atoms with Gasteiger partial charge in [-0.25, -0.2) is 25.6 Å². The van der Waals surface area contributed by atoms with Gasteiger partial charge in [0.15, 0.2) is 19.7 Å². The van der Waals surface area contributed by atoms with Gasteiger partial charge in [-0.2, -0.15) is 26.3 Å². The number of amides is 1. The maximum Gasteiger partial charge on any atom is 0.435 e. The van der Waals surface area contributed by atoms with E-state index < -0.39 is 70.7 Å². The third-order valence-electron chi connectivity index (χ3n) is 9.01. The number of benzene rings is 3. The lowest BCUT2D eigenvalue weighted by Crippen LogP contribution is -2.53.